The summed E-state index contributed by atoms with van der Waals surface area (Å²) in [5, 5.41) is 9.02. The van der Waals surface area contributed by atoms with Crippen LogP contribution in [-0.2, 0) is 0 Å². The molecule has 0 fully saturated rings. The molecule has 3 aromatic heterocycles. The van der Waals surface area contributed by atoms with Gasteiger partial charge in [-0.05, 0) is 36.4 Å². The minimum absolute atomic E-state index is 0.107. The van der Waals surface area contributed by atoms with Crippen molar-refractivity contribution in [3.8, 4) is 11.4 Å². The highest BCUT2D eigenvalue weighted by Crippen LogP contribution is 2.36. The molecule has 0 saturated carbocycles. The third-order valence-corrected chi connectivity index (χ3v) is 3.65. The zero-order chi connectivity index (χ0) is 16.7. The van der Waals surface area contributed by atoms with Crippen molar-refractivity contribution < 1.29 is 14.7 Å². The molecule has 0 radical (unpaired) electrons. The molecule has 24 heavy (non-hydrogen) atoms. The summed E-state index contributed by atoms with van der Waals surface area (Å²) in [7, 11) is 0. The van der Waals surface area contributed by atoms with Gasteiger partial charge >= 0.3 is 5.97 Å². The number of carboxylic acids is 1. The Morgan fingerprint density at radius 1 is 0.958 bits per heavy atom. The van der Waals surface area contributed by atoms with Gasteiger partial charge < -0.3 is 5.11 Å². The number of rotatable bonds is 3. The van der Waals surface area contributed by atoms with Crippen LogP contribution in [0.4, 0.5) is 11.6 Å². The number of anilines is 2. The van der Waals surface area contributed by atoms with Crippen LogP contribution in [0.15, 0.2) is 54.9 Å². The van der Waals surface area contributed by atoms with E-state index in [1.165, 1.54) is 17.0 Å². The highest BCUT2D eigenvalue weighted by Gasteiger charge is 2.33. The first-order valence-electron chi connectivity index (χ1n) is 7.11. The SMILES string of the molecule is O=C(O)C1=CC2=NC(=C1)N2C(=O)c1cccnc1-c1ccccn1. The summed E-state index contributed by atoms with van der Waals surface area (Å²) >= 11 is 0. The Balaban J connectivity index is 1.73. The van der Waals surface area contributed by atoms with E-state index in [4.69, 9.17) is 5.11 Å². The van der Waals surface area contributed by atoms with Crippen LogP contribution in [0.1, 0.15) is 20.7 Å². The maximum atomic E-state index is 12.9. The van der Waals surface area contributed by atoms with Crippen LogP contribution in [0.5, 0.6) is 0 Å². The first-order valence-corrected chi connectivity index (χ1v) is 7.11. The second kappa shape index (κ2) is 5.24. The van der Waals surface area contributed by atoms with Crippen molar-refractivity contribution in [1.82, 2.24) is 15.0 Å². The summed E-state index contributed by atoms with van der Waals surface area (Å²) in [6.07, 6.45) is 3.22. The number of carbonyl (C=O) groups is 2. The first-order chi connectivity index (χ1) is 11.6. The van der Waals surface area contributed by atoms with Gasteiger partial charge in [-0.1, -0.05) is 6.07 Å². The van der Waals surface area contributed by atoms with Crippen molar-refractivity contribution >= 4 is 23.5 Å². The topological polar surface area (TPSA) is 96.3 Å². The molecule has 0 saturated heterocycles. The summed E-state index contributed by atoms with van der Waals surface area (Å²) in [5.41, 5.74) is 1.54. The van der Waals surface area contributed by atoms with E-state index in [1.807, 2.05) is 6.07 Å². The summed E-state index contributed by atoms with van der Waals surface area (Å²) in [6.45, 7) is 0. The number of fused-ring (bicyclic) bond motifs is 2. The van der Waals surface area contributed by atoms with Crippen LogP contribution in [0, 0.1) is 0 Å². The van der Waals surface area contributed by atoms with Gasteiger partial charge in [0.2, 0.25) is 0 Å². The number of hydrogen-bond donors (Lipinski definition) is 1. The van der Waals surface area contributed by atoms with Gasteiger partial charge in [0, 0.05) is 12.4 Å². The first kappa shape index (κ1) is 14.0. The quantitative estimate of drug-likeness (QED) is 0.797. The minimum Gasteiger partial charge on any atom is -0.478 e. The van der Waals surface area contributed by atoms with Gasteiger partial charge in [0.15, 0.2) is 0 Å². The molecule has 0 aliphatic carbocycles. The van der Waals surface area contributed by atoms with E-state index in [9.17, 15) is 9.59 Å². The number of hydrogen-bond acceptors (Lipinski definition) is 5. The lowest BCUT2D eigenvalue weighted by Crippen LogP contribution is -2.34. The molecule has 0 spiro atoms. The van der Waals surface area contributed by atoms with Gasteiger partial charge in [0.05, 0.1) is 16.8 Å². The number of nitrogens with zero attached hydrogens (tertiary/aromatic N) is 4. The average Bonchev–Trinajstić information content (AvgIpc) is 2.62. The van der Waals surface area contributed by atoms with Crippen molar-refractivity contribution in [2.75, 3.05) is 4.90 Å². The normalized spacial score (nSPS) is 11.8. The molecule has 5 rings (SSSR count). The van der Waals surface area contributed by atoms with Crippen LogP contribution in [0.2, 0.25) is 0 Å². The van der Waals surface area contributed by atoms with E-state index in [2.05, 4.69) is 15.0 Å². The largest absolute Gasteiger partial charge is 0.478 e. The Morgan fingerprint density at radius 3 is 2.38 bits per heavy atom. The molecule has 2 aliphatic rings. The van der Waals surface area contributed by atoms with Crippen molar-refractivity contribution in [2.45, 2.75) is 0 Å². The molecule has 3 aromatic rings. The van der Waals surface area contributed by atoms with Gasteiger partial charge in [0.1, 0.15) is 17.3 Å². The maximum absolute atomic E-state index is 12.9. The molecule has 0 unspecified atom stereocenters. The number of pyridine rings is 3. The fourth-order valence-corrected chi connectivity index (χ4v) is 2.54. The molecular weight excluding hydrogens is 308 g/mol. The molecule has 1 amide bonds. The third-order valence-electron chi connectivity index (χ3n) is 3.65. The molecule has 2 bridgehead atoms. The Labute approximate surface area is 136 Å². The number of carboxylic acid groups (broad SMARTS) is 1. The van der Waals surface area contributed by atoms with Gasteiger partial charge in [-0.25, -0.2) is 14.7 Å². The average molecular weight is 318 g/mol. The molecular formula is C17H10N4O3. The molecule has 7 nitrogen and oxygen atoms in total. The van der Waals surface area contributed by atoms with Crippen LogP contribution in [0.25, 0.3) is 11.4 Å². The molecule has 0 aromatic carbocycles. The third kappa shape index (κ3) is 2.11. The summed E-state index contributed by atoms with van der Waals surface area (Å²) in [4.78, 5) is 37.9. The fourth-order valence-electron chi connectivity index (χ4n) is 2.54. The number of aromatic carboxylic acids is 1. The molecule has 5 heterocycles. The number of amides is 1. The van der Waals surface area contributed by atoms with E-state index in [0.29, 0.717) is 28.6 Å². The van der Waals surface area contributed by atoms with Gasteiger partial charge in [-0.2, -0.15) is 0 Å². The van der Waals surface area contributed by atoms with E-state index in [-0.39, 0.29) is 11.5 Å². The van der Waals surface area contributed by atoms with Crippen molar-refractivity contribution in [1.29, 1.82) is 0 Å². The van der Waals surface area contributed by atoms with Crippen molar-refractivity contribution in [2.24, 2.45) is 0 Å². The lowest BCUT2D eigenvalue weighted by atomic mass is 10.1. The minimum atomic E-state index is -1.05. The van der Waals surface area contributed by atoms with E-state index in [1.54, 1.807) is 36.7 Å². The zero-order valence-corrected chi connectivity index (χ0v) is 12.2. The lowest BCUT2D eigenvalue weighted by Gasteiger charge is -2.30. The maximum Gasteiger partial charge on any atom is 0.335 e. The summed E-state index contributed by atoms with van der Waals surface area (Å²) in [6, 6.07) is 11.4. The van der Waals surface area contributed by atoms with Crippen molar-refractivity contribution in [3.63, 3.8) is 0 Å². The van der Waals surface area contributed by atoms with Gasteiger partial charge in [-0.3, -0.25) is 14.8 Å². The molecule has 116 valence electrons. The second-order valence-corrected chi connectivity index (χ2v) is 5.13. The number of carbonyl (C=O) groups excluding carboxylic acids is 1. The zero-order valence-electron chi connectivity index (χ0n) is 12.2. The number of aromatic nitrogens is 3. The van der Waals surface area contributed by atoms with Crippen LogP contribution in [0.3, 0.4) is 0 Å². The smallest absolute Gasteiger partial charge is 0.335 e. The second-order valence-electron chi connectivity index (χ2n) is 5.13. The summed E-state index contributed by atoms with van der Waals surface area (Å²) < 4.78 is 0. The highest BCUT2D eigenvalue weighted by atomic mass is 16.4. The Bertz CT molecular complexity index is 950. The fraction of sp³-hybridized carbons (Fsp3) is 0. The Kier molecular flexibility index (Phi) is 3.06. The predicted molar refractivity (Wildman–Crippen MR) is 85.1 cm³/mol. The van der Waals surface area contributed by atoms with Crippen LogP contribution >= 0.6 is 0 Å². The molecule has 2 aliphatic heterocycles. The summed E-state index contributed by atoms with van der Waals surface area (Å²) in [5.74, 6) is -0.750. The van der Waals surface area contributed by atoms with E-state index < -0.39 is 5.97 Å². The van der Waals surface area contributed by atoms with Crippen LogP contribution < -0.4 is 4.90 Å². The molecule has 7 heteroatoms. The van der Waals surface area contributed by atoms with E-state index in [0.717, 1.165) is 0 Å². The Hall–Kier alpha value is -3.61. The van der Waals surface area contributed by atoms with Crippen LogP contribution in [-0.4, -0.2) is 31.9 Å². The Morgan fingerprint density at radius 2 is 1.71 bits per heavy atom. The van der Waals surface area contributed by atoms with E-state index >= 15 is 0 Å². The lowest BCUT2D eigenvalue weighted by molar-refractivity contribution is 0.0695. The van der Waals surface area contributed by atoms with Gasteiger partial charge in [-0.15, -0.1) is 0 Å². The predicted octanol–water partition coefficient (Wildman–Crippen LogP) is 2.53. The highest BCUT2D eigenvalue weighted by molar-refractivity contribution is 6.15. The monoisotopic (exact) mass is 318 g/mol. The molecule has 1 N–H and O–H groups in total. The molecule has 0 atom stereocenters. The van der Waals surface area contributed by atoms with Gasteiger partial charge in [0.25, 0.3) is 5.91 Å². The standard InChI is InChI=1S/C17H10N4O3/c22-16(21-13-8-10(17(23)24)9-14(21)20-13)11-4-3-7-19-15(11)12-5-1-2-6-18-12/h1-9H,(H,23,24). The van der Waals surface area contributed by atoms with Crippen molar-refractivity contribution in [3.05, 3.63) is 66.0 Å².